The predicted molar refractivity (Wildman–Crippen MR) is 74.2 cm³/mol. The van der Waals surface area contributed by atoms with Crippen LogP contribution >= 0.6 is 0 Å². The molecule has 100 valence electrons. The Hall–Kier alpha value is -1.71. The van der Waals surface area contributed by atoms with Crippen LogP contribution in [0.1, 0.15) is 22.8 Å². The average Bonchev–Trinajstić information content (AvgIpc) is 2.41. The summed E-state index contributed by atoms with van der Waals surface area (Å²) in [6, 6.07) is 14.4. The molecule has 2 rings (SSSR count). The molecule has 0 saturated carbocycles. The lowest BCUT2D eigenvalue weighted by atomic mass is 10.1. The summed E-state index contributed by atoms with van der Waals surface area (Å²) in [4.78, 5) is 0. The van der Waals surface area contributed by atoms with Crippen LogP contribution in [-0.4, -0.2) is 11.7 Å². The highest BCUT2D eigenvalue weighted by molar-refractivity contribution is 5.25. The summed E-state index contributed by atoms with van der Waals surface area (Å²) in [6.07, 6.45) is -0.829. The normalized spacial score (nSPS) is 12.4. The lowest BCUT2D eigenvalue weighted by molar-refractivity contribution is 0.169. The average molecular weight is 259 g/mol. The largest absolute Gasteiger partial charge is 0.387 e. The van der Waals surface area contributed by atoms with Crippen LogP contribution in [0.25, 0.3) is 0 Å². The molecule has 1 unspecified atom stereocenters. The zero-order valence-corrected chi connectivity index (χ0v) is 10.9. The Balaban J connectivity index is 1.90. The van der Waals surface area contributed by atoms with Gasteiger partial charge in [0.15, 0.2) is 0 Å². The maximum Gasteiger partial charge on any atom is 0.129 e. The minimum absolute atomic E-state index is 0.329. The molecule has 1 atom stereocenters. The predicted octanol–water partition coefficient (Wildman–Crippen LogP) is 2.96. The van der Waals surface area contributed by atoms with Crippen LogP contribution in [0.4, 0.5) is 4.39 Å². The molecule has 2 N–H and O–H groups in total. The molecule has 2 nitrogen and oxygen atoms in total. The quantitative estimate of drug-likeness (QED) is 0.865. The number of aliphatic hydroxyl groups is 1. The molecule has 3 heteroatoms. The highest BCUT2D eigenvalue weighted by Gasteiger charge is 2.11. The van der Waals surface area contributed by atoms with Crippen LogP contribution in [0.15, 0.2) is 48.5 Å². The highest BCUT2D eigenvalue weighted by Crippen LogP contribution is 2.16. The lowest BCUT2D eigenvalue weighted by Gasteiger charge is -2.13. The Bertz CT molecular complexity index is 542. The summed E-state index contributed by atoms with van der Waals surface area (Å²) in [6.45, 7) is 3.04. The molecule has 0 heterocycles. The van der Waals surface area contributed by atoms with Crippen LogP contribution in [-0.2, 0) is 6.54 Å². The van der Waals surface area contributed by atoms with Crippen molar-refractivity contribution in [2.75, 3.05) is 6.54 Å². The Morgan fingerprint density at radius 2 is 1.79 bits per heavy atom. The van der Waals surface area contributed by atoms with E-state index in [2.05, 4.69) is 5.32 Å². The fourth-order valence-electron chi connectivity index (χ4n) is 2.01. The standard InChI is InChI=1S/C16H18FNO/c1-12-6-2-3-7-13(12)10-18-11-16(19)14-8-4-5-9-15(14)17/h2-9,16,18-19H,10-11H2,1H3. The van der Waals surface area contributed by atoms with Gasteiger partial charge in [0.1, 0.15) is 5.82 Å². The molecule has 0 bridgehead atoms. The number of aryl methyl sites for hydroxylation is 1. The second-order valence-electron chi connectivity index (χ2n) is 4.59. The molecule has 0 aliphatic carbocycles. The van der Waals surface area contributed by atoms with Crippen LogP contribution in [0, 0.1) is 12.7 Å². The van der Waals surface area contributed by atoms with Gasteiger partial charge < -0.3 is 10.4 Å². The van der Waals surface area contributed by atoms with E-state index in [0.717, 1.165) is 0 Å². The van der Waals surface area contributed by atoms with E-state index in [4.69, 9.17) is 0 Å². The fourth-order valence-corrected chi connectivity index (χ4v) is 2.01. The highest BCUT2D eigenvalue weighted by atomic mass is 19.1. The first-order valence-corrected chi connectivity index (χ1v) is 6.36. The van der Waals surface area contributed by atoms with Crippen LogP contribution in [0.5, 0.6) is 0 Å². The minimum Gasteiger partial charge on any atom is -0.387 e. The lowest BCUT2D eigenvalue weighted by Crippen LogP contribution is -2.22. The second kappa shape index (κ2) is 6.45. The number of nitrogens with one attached hydrogen (secondary N) is 1. The fraction of sp³-hybridized carbons (Fsp3) is 0.250. The van der Waals surface area contributed by atoms with E-state index >= 15 is 0 Å². The summed E-state index contributed by atoms with van der Waals surface area (Å²) < 4.78 is 13.5. The van der Waals surface area contributed by atoms with E-state index in [-0.39, 0.29) is 5.82 Å². The Morgan fingerprint density at radius 3 is 2.53 bits per heavy atom. The van der Waals surface area contributed by atoms with E-state index in [1.165, 1.54) is 17.2 Å². The first-order valence-electron chi connectivity index (χ1n) is 6.36. The molecule has 0 aliphatic rings. The van der Waals surface area contributed by atoms with Crippen molar-refractivity contribution >= 4 is 0 Å². The summed E-state index contributed by atoms with van der Waals surface area (Å²) in [5.41, 5.74) is 2.72. The van der Waals surface area contributed by atoms with Gasteiger partial charge in [-0.1, -0.05) is 42.5 Å². The van der Waals surface area contributed by atoms with Crippen molar-refractivity contribution in [2.24, 2.45) is 0 Å². The Morgan fingerprint density at radius 1 is 1.11 bits per heavy atom. The number of benzene rings is 2. The molecule has 0 aliphatic heterocycles. The van der Waals surface area contributed by atoms with E-state index in [1.54, 1.807) is 18.2 Å². The summed E-state index contributed by atoms with van der Waals surface area (Å²) >= 11 is 0. The zero-order valence-electron chi connectivity index (χ0n) is 10.9. The topological polar surface area (TPSA) is 32.3 Å². The molecule has 0 amide bonds. The SMILES string of the molecule is Cc1ccccc1CNCC(O)c1ccccc1F. The van der Waals surface area contributed by atoms with Crippen molar-refractivity contribution in [3.63, 3.8) is 0 Å². The minimum atomic E-state index is -0.829. The van der Waals surface area contributed by atoms with Gasteiger partial charge in [0, 0.05) is 18.7 Å². The van der Waals surface area contributed by atoms with Gasteiger partial charge in [0.05, 0.1) is 6.10 Å². The Kier molecular flexibility index (Phi) is 4.66. The molecule has 0 radical (unpaired) electrons. The number of rotatable bonds is 5. The van der Waals surface area contributed by atoms with Gasteiger partial charge in [0.25, 0.3) is 0 Å². The van der Waals surface area contributed by atoms with E-state index in [0.29, 0.717) is 18.7 Å². The van der Waals surface area contributed by atoms with Crippen molar-refractivity contribution < 1.29 is 9.50 Å². The third kappa shape index (κ3) is 3.63. The maximum absolute atomic E-state index is 13.5. The first-order chi connectivity index (χ1) is 9.18. The molecule has 0 spiro atoms. The monoisotopic (exact) mass is 259 g/mol. The zero-order chi connectivity index (χ0) is 13.7. The number of hydrogen-bond acceptors (Lipinski definition) is 2. The van der Waals surface area contributed by atoms with Crippen LogP contribution in [0.3, 0.4) is 0 Å². The summed E-state index contributed by atoms with van der Waals surface area (Å²) in [5, 5.41) is 13.1. The molecule has 2 aromatic rings. The summed E-state index contributed by atoms with van der Waals surface area (Å²) in [7, 11) is 0. The van der Waals surface area contributed by atoms with Gasteiger partial charge in [-0.25, -0.2) is 4.39 Å². The van der Waals surface area contributed by atoms with E-state index < -0.39 is 6.10 Å². The molecular weight excluding hydrogens is 241 g/mol. The van der Waals surface area contributed by atoms with Crippen molar-refractivity contribution in [1.29, 1.82) is 0 Å². The van der Waals surface area contributed by atoms with Gasteiger partial charge in [0.2, 0.25) is 0 Å². The smallest absolute Gasteiger partial charge is 0.129 e. The second-order valence-corrected chi connectivity index (χ2v) is 4.59. The van der Waals surface area contributed by atoms with E-state index in [1.807, 2.05) is 31.2 Å². The molecule has 0 saturated heterocycles. The van der Waals surface area contributed by atoms with Crippen molar-refractivity contribution in [2.45, 2.75) is 19.6 Å². The molecule has 0 aromatic heterocycles. The Labute approximate surface area is 112 Å². The molecule has 0 fully saturated rings. The van der Waals surface area contributed by atoms with Crippen LogP contribution < -0.4 is 5.32 Å². The summed E-state index contributed by atoms with van der Waals surface area (Å²) in [5.74, 6) is -0.368. The van der Waals surface area contributed by atoms with Gasteiger partial charge in [-0.15, -0.1) is 0 Å². The first kappa shape index (κ1) is 13.7. The maximum atomic E-state index is 13.5. The molecule has 2 aromatic carbocycles. The molecule has 19 heavy (non-hydrogen) atoms. The third-order valence-corrected chi connectivity index (χ3v) is 3.18. The van der Waals surface area contributed by atoms with Gasteiger partial charge in [-0.3, -0.25) is 0 Å². The molecular formula is C16H18FNO. The van der Waals surface area contributed by atoms with E-state index in [9.17, 15) is 9.50 Å². The van der Waals surface area contributed by atoms with Gasteiger partial charge in [-0.05, 0) is 24.1 Å². The number of aliphatic hydroxyl groups excluding tert-OH is 1. The van der Waals surface area contributed by atoms with Gasteiger partial charge in [-0.2, -0.15) is 0 Å². The van der Waals surface area contributed by atoms with Crippen molar-refractivity contribution in [3.05, 3.63) is 71.0 Å². The van der Waals surface area contributed by atoms with Crippen molar-refractivity contribution in [1.82, 2.24) is 5.32 Å². The number of hydrogen-bond donors (Lipinski definition) is 2. The third-order valence-electron chi connectivity index (χ3n) is 3.18. The number of halogens is 1. The van der Waals surface area contributed by atoms with Gasteiger partial charge >= 0.3 is 0 Å². The van der Waals surface area contributed by atoms with Crippen molar-refractivity contribution in [3.8, 4) is 0 Å². The van der Waals surface area contributed by atoms with Crippen LogP contribution in [0.2, 0.25) is 0 Å².